The van der Waals surface area contributed by atoms with Crippen LogP contribution in [-0.2, 0) is 0 Å². The van der Waals surface area contributed by atoms with Gasteiger partial charge in [-0.25, -0.2) is 0 Å². The number of Topliss-reactive ketones (excluding diaryl/α,β-unsaturated/α-hetero) is 1. The van der Waals surface area contributed by atoms with Crippen LogP contribution < -0.4 is 4.90 Å². The second-order valence-electron chi connectivity index (χ2n) is 4.20. The molecule has 18 heavy (non-hydrogen) atoms. The second-order valence-corrected chi connectivity index (χ2v) is 4.20. The van der Waals surface area contributed by atoms with E-state index in [9.17, 15) is 9.59 Å². The topological polar surface area (TPSA) is 37.4 Å². The number of ketones is 1. The SMILES string of the molecule is O=C1CN(C(=O)c2ccccc2)c2ccccc21. The Bertz CT molecular complexity index is 619. The Morgan fingerprint density at radius 2 is 1.61 bits per heavy atom. The number of benzene rings is 2. The van der Waals surface area contributed by atoms with Crippen LogP contribution in [0.25, 0.3) is 0 Å². The molecule has 88 valence electrons. The predicted molar refractivity (Wildman–Crippen MR) is 68.9 cm³/mol. The van der Waals surface area contributed by atoms with E-state index in [-0.39, 0.29) is 18.2 Å². The lowest BCUT2D eigenvalue weighted by atomic mass is 10.1. The number of hydrogen-bond donors (Lipinski definition) is 0. The van der Waals surface area contributed by atoms with Gasteiger partial charge < -0.3 is 0 Å². The van der Waals surface area contributed by atoms with E-state index < -0.39 is 0 Å². The summed E-state index contributed by atoms with van der Waals surface area (Å²) in [5.41, 5.74) is 1.93. The molecule has 1 amide bonds. The molecule has 1 heterocycles. The first-order valence-electron chi connectivity index (χ1n) is 5.76. The van der Waals surface area contributed by atoms with Crippen molar-refractivity contribution in [3.05, 3.63) is 65.7 Å². The molecule has 0 bridgehead atoms. The van der Waals surface area contributed by atoms with Crippen molar-refractivity contribution in [3.63, 3.8) is 0 Å². The molecule has 2 aromatic rings. The summed E-state index contributed by atoms with van der Waals surface area (Å²) in [5.74, 6) is -0.135. The third-order valence-electron chi connectivity index (χ3n) is 3.06. The maximum Gasteiger partial charge on any atom is 0.258 e. The average Bonchev–Trinajstić information content (AvgIpc) is 2.77. The fourth-order valence-corrected chi connectivity index (χ4v) is 2.18. The molecule has 0 radical (unpaired) electrons. The van der Waals surface area contributed by atoms with E-state index in [2.05, 4.69) is 0 Å². The van der Waals surface area contributed by atoms with E-state index >= 15 is 0 Å². The normalized spacial score (nSPS) is 13.6. The van der Waals surface area contributed by atoms with Gasteiger partial charge in [0.15, 0.2) is 5.78 Å². The summed E-state index contributed by atoms with van der Waals surface area (Å²) in [7, 11) is 0. The molecule has 0 saturated carbocycles. The number of carbonyl (C=O) groups is 2. The minimum absolute atomic E-state index is 0.00474. The van der Waals surface area contributed by atoms with Crippen molar-refractivity contribution in [2.24, 2.45) is 0 Å². The molecular formula is C15H11NO2. The zero-order valence-electron chi connectivity index (χ0n) is 9.67. The minimum atomic E-state index is -0.131. The lowest BCUT2D eigenvalue weighted by molar-refractivity contribution is 0.0951. The first-order chi connectivity index (χ1) is 8.77. The molecular weight excluding hydrogens is 226 g/mol. The van der Waals surface area contributed by atoms with Gasteiger partial charge in [-0.3, -0.25) is 14.5 Å². The summed E-state index contributed by atoms with van der Waals surface area (Å²) in [5, 5.41) is 0. The minimum Gasteiger partial charge on any atom is -0.300 e. The van der Waals surface area contributed by atoms with Crippen LogP contribution in [0.3, 0.4) is 0 Å². The molecule has 0 N–H and O–H groups in total. The first kappa shape index (κ1) is 10.7. The maximum atomic E-state index is 12.3. The van der Waals surface area contributed by atoms with Gasteiger partial charge >= 0.3 is 0 Å². The van der Waals surface area contributed by atoms with Gasteiger partial charge in [-0.05, 0) is 24.3 Å². The Hall–Kier alpha value is -2.42. The molecule has 0 saturated heterocycles. The number of amides is 1. The number of hydrogen-bond acceptors (Lipinski definition) is 2. The smallest absolute Gasteiger partial charge is 0.258 e. The van der Waals surface area contributed by atoms with E-state index in [1.165, 1.54) is 4.90 Å². The van der Waals surface area contributed by atoms with E-state index in [1.807, 2.05) is 30.3 Å². The van der Waals surface area contributed by atoms with Crippen LogP contribution >= 0.6 is 0 Å². The molecule has 0 fully saturated rings. The van der Waals surface area contributed by atoms with Crippen molar-refractivity contribution >= 4 is 17.4 Å². The number of fused-ring (bicyclic) bond motifs is 1. The fourth-order valence-electron chi connectivity index (χ4n) is 2.18. The van der Waals surface area contributed by atoms with Crippen molar-refractivity contribution in [2.45, 2.75) is 0 Å². The Labute approximate surface area is 105 Å². The molecule has 0 unspecified atom stereocenters. The van der Waals surface area contributed by atoms with Gasteiger partial charge in [-0.15, -0.1) is 0 Å². The zero-order valence-corrected chi connectivity index (χ0v) is 9.67. The van der Waals surface area contributed by atoms with Crippen molar-refractivity contribution in [1.82, 2.24) is 0 Å². The lowest BCUT2D eigenvalue weighted by Crippen LogP contribution is -2.30. The van der Waals surface area contributed by atoms with E-state index in [0.717, 1.165) is 0 Å². The molecule has 1 aliphatic rings. The van der Waals surface area contributed by atoms with E-state index in [0.29, 0.717) is 16.8 Å². The number of anilines is 1. The highest BCUT2D eigenvalue weighted by Gasteiger charge is 2.30. The lowest BCUT2D eigenvalue weighted by Gasteiger charge is -2.16. The van der Waals surface area contributed by atoms with Crippen LogP contribution in [0.5, 0.6) is 0 Å². The molecule has 2 aromatic carbocycles. The summed E-state index contributed by atoms with van der Waals surface area (Å²) < 4.78 is 0. The van der Waals surface area contributed by atoms with Crippen LogP contribution in [0.2, 0.25) is 0 Å². The number of nitrogens with zero attached hydrogens (tertiary/aromatic N) is 1. The molecule has 3 heteroatoms. The maximum absolute atomic E-state index is 12.3. The standard InChI is InChI=1S/C15H11NO2/c17-14-10-16(13-9-5-4-8-12(13)14)15(18)11-6-2-1-3-7-11/h1-9H,10H2. The highest BCUT2D eigenvalue weighted by molar-refractivity contribution is 6.19. The molecule has 1 aliphatic heterocycles. The molecule has 0 spiro atoms. The fraction of sp³-hybridized carbons (Fsp3) is 0.0667. The Morgan fingerprint density at radius 3 is 2.39 bits per heavy atom. The van der Waals surface area contributed by atoms with Crippen molar-refractivity contribution in [3.8, 4) is 0 Å². The Kier molecular flexibility index (Phi) is 2.45. The van der Waals surface area contributed by atoms with Crippen molar-refractivity contribution in [1.29, 1.82) is 0 Å². The van der Waals surface area contributed by atoms with Crippen molar-refractivity contribution < 1.29 is 9.59 Å². The molecule has 0 atom stereocenters. The number of rotatable bonds is 1. The highest BCUT2D eigenvalue weighted by Crippen LogP contribution is 2.28. The first-order valence-corrected chi connectivity index (χ1v) is 5.76. The average molecular weight is 237 g/mol. The van der Waals surface area contributed by atoms with Crippen LogP contribution in [0.15, 0.2) is 54.6 Å². The molecule has 3 rings (SSSR count). The van der Waals surface area contributed by atoms with Crippen LogP contribution in [0, 0.1) is 0 Å². The van der Waals surface area contributed by atoms with Gasteiger partial charge in [0.1, 0.15) is 0 Å². The quantitative estimate of drug-likeness (QED) is 0.764. The second kappa shape index (κ2) is 4.11. The summed E-state index contributed by atoms with van der Waals surface area (Å²) >= 11 is 0. The number of carbonyl (C=O) groups excluding carboxylic acids is 2. The van der Waals surface area contributed by atoms with Crippen molar-refractivity contribution in [2.75, 3.05) is 11.4 Å². The molecule has 0 aromatic heterocycles. The van der Waals surface area contributed by atoms with Gasteiger partial charge in [0, 0.05) is 11.1 Å². The monoisotopic (exact) mass is 237 g/mol. The summed E-state index contributed by atoms with van der Waals surface area (Å²) in [6.07, 6.45) is 0. The van der Waals surface area contributed by atoms with Gasteiger partial charge in [0.25, 0.3) is 5.91 Å². The molecule has 0 aliphatic carbocycles. The van der Waals surface area contributed by atoms with Crippen LogP contribution in [0.1, 0.15) is 20.7 Å². The van der Waals surface area contributed by atoms with Gasteiger partial charge in [-0.2, -0.15) is 0 Å². The van der Waals surface area contributed by atoms with Crippen LogP contribution in [0.4, 0.5) is 5.69 Å². The summed E-state index contributed by atoms with van der Waals surface area (Å²) in [6, 6.07) is 16.2. The predicted octanol–water partition coefficient (Wildman–Crippen LogP) is 2.53. The Morgan fingerprint density at radius 1 is 0.944 bits per heavy atom. The highest BCUT2D eigenvalue weighted by atomic mass is 16.2. The molecule has 3 nitrogen and oxygen atoms in total. The van der Waals surface area contributed by atoms with Gasteiger partial charge in [0.05, 0.1) is 12.2 Å². The Balaban J connectivity index is 2.01. The van der Waals surface area contributed by atoms with E-state index in [1.54, 1.807) is 24.3 Å². The summed E-state index contributed by atoms with van der Waals surface area (Å²) in [6.45, 7) is 0.132. The third kappa shape index (κ3) is 1.61. The van der Waals surface area contributed by atoms with Crippen LogP contribution in [-0.4, -0.2) is 18.2 Å². The van der Waals surface area contributed by atoms with Gasteiger partial charge in [0.2, 0.25) is 0 Å². The largest absolute Gasteiger partial charge is 0.300 e. The number of para-hydroxylation sites is 1. The summed E-state index contributed by atoms with van der Waals surface area (Å²) in [4.78, 5) is 25.7. The zero-order chi connectivity index (χ0) is 12.5. The third-order valence-corrected chi connectivity index (χ3v) is 3.06. The van der Waals surface area contributed by atoms with Gasteiger partial charge in [-0.1, -0.05) is 30.3 Å². The van der Waals surface area contributed by atoms with E-state index in [4.69, 9.17) is 0 Å².